The number of likely N-dealkylation sites (tertiary alicyclic amines) is 1. The molecule has 0 amide bonds. The fourth-order valence-electron chi connectivity index (χ4n) is 3.02. The lowest BCUT2D eigenvalue weighted by molar-refractivity contribution is -0.137. The lowest BCUT2D eigenvalue weighted by Gasteiger charge is -2.46. The predicted molar refractivity (Wildman–Crippen MR) is 63.7 cm³/mol. The summed E-state index contributed by atoms with van der Waals surface area (Å²) < 4.78 is 0. The minimum absolute atomic E-state index is 0.287. The fourth-order valence-corrected chi connectivity index (χ4v) is 3.02. The van der Waals surface area contributed by atoms with Crippen LogP contribution in [-0.4, -0.2) is 41.4 Å². The van der Waals surface area contributed by atoms with Gasteiger partial charge >= 0.3 is 5.97 Å². The Balaban J connectivity index is 1.63. The first-order chi connectivity index (χ1) is 8.19. The topological polar surface area (TPSA) is 57.6 Å². The number of carbonyl (C=O) groups is 2. The summed E-state index contributed by atoms with van der Waals surface area (Å²) in [5.41, 5.74) is 0. The molecule has 0 aromatic carbocycles. The quantitative estimate of drug-likeness (QED) is 0.739. The van der Waals surface area contributed by atoms with Crippen molar-refractivity contribution < 1.29 is 14.7 Å². The van der Waals surface area contributed by atoms with Crippen molar-refractivity contribution in [2.45, 2.75) is 44.6 Å². The average molecular weight is 239 g/mol. The van der Waals surface area contributed by atoms with Crippen LogP contribution in [0.3, 0.4) is 0 Å². The predicted octanol–water partition coefficient (Wildman–Crippen LogP) is 1.54. The van der Waals surface area contributed by atoms with Crippen LogP contribution in [0.5, 0.6) is 0 Å². The van der Waals surface area contributed by atoms with Crippen molar-refractivity contribution in [3.05, 3.63) is 0 Å². The molecule has 2 aliphatic rings. The molecule has 1 saturated heterocycles. The fraction of sp³-hybridized carbons (Fsp3) is 0.846. The van der Waals surface area contributed by atoms with E-state index in [0.29, 0.717) is 18.4 Å². The van der Waals surface area contributed by atoms with E-state index in [4.69, 9.17) is 5.11 Å². The minimum Gasteiger partial charge on any atom is -0.481 e. The highest BCUT2D eigenvalue weighted by atomic mass is 16.4. The summed E-state index contributed by atoms with van der Waals surface area (Å²) in [5.74, 6) is 0.181. The highest BCUT2D eigenvalue weighted by molar-refractivity contribution is 5.66. The van der Waals surface area contributed by atoms with Crippen LogP contribution in [-0.2, 0) is 9.59 Å². The molecule has 2 fully saturated rings. The zero-order chi connectivity index (χ0) is 12.3. The minimum atomic E-state index is -0.685. The molecule has 0 unspecified atom stereocenters. The Morgan fingerprint density at radius 1 is 1.24 bits per heavy atom. The third-order valence-electron chi connectivity index (χ3n) is 4.20. The van der Waals surface area contributed by atoms with E-state index in [0.717, 1.165) is 51.5 Å². The van der Waals surface area contributed by atoms with Gasteiger partial charge in [0.2, 0.25) is 0 Å². The highest BCUT2D eigenvalue weighted by Gasteiger charge is 2.34. The molecule has 1 heterocycles. The van der Waals surface area contributed by atoms with Gasteiger partial charge in [0.1, 0.15) is 6.29 Å². The summed E-state index contributed by atoms with van der Waals surface area (Å²) in [5, 5.41) is 8.61. The lowest BCUT2D eigenvalue weighted by atomic mass is 9.83. The molecule has 0 atom stereocenters. The summed E-state index contributed by atoms with van der Waals surface area (Å²) in [6, 6.07) is 0.646. The molecule has 4 heteroatoms. The molecular formula is C13H21NO3. The van der Waals surface area contributed by atoms with E-state index in [9.17, 15) is 9.59 Å². The van der Waals surface area contributed by atoms with Gasteiger partial charge in [0, 0.05) is 31.5 Å². The van der Waals surface area contributed by atoms with E-state index in [2.05, 4.69) is 4.90 Å². The Hall–Kier alpha value is -0.900. The summed E-state index contributed by atoms with van der Waals surface area (Å²) in [6.45, 7) is 2.12. The maximum atomic E-state index is 10.7. The number of carbonyl (C=O) groups excluding carboxylic acids is 1. The molecule has 17 heavy (non-hydrogen) atoms. The van der Waals surface area contributed by atoms with Crippen molar-refractivity contribution >= 4 is 12.3 Å². The third kappa shape index (κ3) is 3.28. The molecule has 1 N–H and O–H groups in total. The van der Waals surface area contributed by atoms with E-state index in [1.165, 1.54) is 0 Å². The number of hydrogen-bond donors (Lipinski definition) is 1. The van der Waals surface area contributed by atoms with Crippen LogP contribution < -0.4 is 0 Å². The van der Waals surface area contributed by atoms with E-state index >= 15 is 0 Å². The molecule has 96 valence electrons. The van der Waals surface area contributed by atoms with E-state index in [1.807, 2.05) is 0 Å². The van der Waals surface area contributed by atoms with Gasteiger partial charge in [0.15, 0.2) is 0 Å². The van der Waals surface area contributed by atoms with Crippen LogP contribution in [0.1, 0.15) is 38.5 Å². The van der Waals surface area contributed by atoms with Crippen LogP contribution >= 0.6 is 0 Å². The van der Waals surface area contributed by atoms with E-state index in [-0.39, 0.29) is 5.92 Å². The summed E-state index contributed by atoms with van der Waals surface area (Å²) in [4.78, 5) is 23.6. The first-order valence-corrected chi connectivity index (χ1v) is 6.60. The molecular weight excluding hydrogens is 218 g/mol. The zero-order valence-corrected chi connectivity index (χ0v) is 10.2. The van der Waals surface area contributed by atoms with Crippen molar-refractivity contribution in [3.63, 3.8) is 0 Å². The second kappa shape index (κ2) is 5.63. The summed E-state index contributed by atoms with van der Waals surface area (Å²) in [7, 11) is 0. The van der Waals surface area contributed by atoms with Gasteiger partial charge in [-0.25, -0.2) is 0 Å². The Bertz CT molecular complexity index is 278. The SMILES string of the molecule is O=CC1CCC(N2CC(CCC(=O)O)C2)CC1. The first-order valence-electron chi connectivity index (χ1n) is 6.60. The second-order valence-electron chi connectivity index (χ2n) is 5.46. The van der Waals surface area contributed by atoms with E-state index in [1.54, 1.807) is 0 Å². The van der Waals surface area contributed by atoms with Crippen molar-refractivity contribution in [2.75, 3.05) is 13.1 Å². The number of carboxylic acids is 1. The standard InChI is InChI=1S/C13H21NO3/c15-9-10-1-4-12(5-2-10)14-7-11(8-14)3-6-13(16)17/h9-12H,1-8H2,(H,16,17). The maximum Gasteiger partial charge on any atom is 0.303 e. The molecule has 0 aromatic rings. The van der Waals surface area contributed by atoms with Gasteiger partial charge in [-0.05, 0) is 38.0 Å². The largest absolute Gasteiger partial charge is 0.481 e. The monoisotopic (exact) mass is 239 g/mol. The molecule has 2 rings (SSSR count). The molecule has 1 aliphatic carbocycles. The zero-order valence-electron chi connectivity index (χ0n) is 10.2. The number of rotatable bonds is 5. The van der Waals surface area contributed by atoms with Crippen LogP contribution in [0.25, 0.3) is 0 Å². The van der Waals surface area contributed by atoms with Crippen LogP contribution in [0.2, 0.25) is 0 Å². The van der Waals surface area contributed by atoms with Gasteiger partial charge in [0.05, 0.1) is 0 Å². The Morgan fingerprint density at radius 2 is 1.88 bits per heavy atom. The van der Waals surface area contributed by atoms with Gasteiger partial charge in [0.25, 0.3) is 0 Å². The van der Waals surface area contributed by atoms with Crippen LogP contribution in [0, 0.1) is 11.8 Å². The van der Waals surface area contributed by atoms with Gasteiger partial charge in [-0.2, -0.15) is 0 Å². The van der Waals surface area contributed by atoms with E-state index < -0.39 is 5.97 Å². The second-order valence-corrected chi connectivity index (χ2v) is 5.46. The summed E-state index contributed by atoms with van der Waals surface area (Å²) >= 11 is 0. The third-order valence-corrected chi connectivity index (χ3v) is 4.20. The van der Waals surface area contributed by atoms with Crippen molar-refractivity contribution in [2.24, 2.45) is 11.8 Å². The highest BCUT2D eigenvalue weighted by Crippen LogP contribution is 2.32. The Labute approximate surface area is 102 Å². The number of nitrogens with zero attached hydrogens (tertiary/aromatic N) is 1. The molecule has 0 radical (unpaired) electrons. The van der Waals surface area contributed by atoms with Crippen LogP contribution in [0.4, 0.5) is 0 Å². The normalized spacial score (nSPS) is 30.8. The number of carboxylic acid groups (broad SMARTS) is 1. The molecule has 0 bridgehead atoms. The molecule has 4 nitrogen and oxygen atoms in total. The molecule has 1 saturated carbocycles. The summed E-state index contributed by atoms with van der Waals surface area (Å²) in [6.07, 6.45) is 6.55. The lowest BCUT2D eigenvalue weighted by Crippen LogP contribution is -2.53. The maximum absolute atomic E-state index is 10.7. The molecule has 0 spiro atoms. The molecule has 1 aliphatic heterocycles. The van der Waals surface area contributed by atoms with Gasteiger partial charge in [-0.3, -0.25) is 9.69 Å². The van der Waals surface area contributed by atoms with Gasteiger partial charge < -0.3 is 9.90 Å². The Morgan fingerprint density at radius 3 is 2.41 bits per heavy atom. The van der Waals surface area contributed by atoms with Gasteiger partial charge in [-0.15, -0.1) is 0 Å². The molecule has 0 aromatic heterocycles. The first kappa shape index (κ1) is 12.6. The Kier molecular flexibility index (Phi) is 4.15. The number of hydrogen-bond acceptors (Lipinski definition) is 3. The van der Waals surface area contributed by atoms with Crippen molar-refractivity contribution in [1.82, 2.24) is 4.90 Å². The van der Waals surface area contributed by atoms with Crippen molar-refractivity contribution in [3.8, 4) is 0 Å². The smallest absolute Gasteiger partial charge is 0.303 e. The van der Waals surface area contributed by atoms with Crippen LogP contribution in [0.15, 0.2) is 0 Å². The number of aliphatic carboxylic acids is 1. The number of aldehydes is 1. The van der Waals surface area contributed by atoms with Gasteiger partial charge in [-0.1, -0.05) is 0 Å². The van der Waals surface area contributed by atoms with Crippen molar-refractivity contribution in [1.29, 1.82) is 0 Å². The average Bonchev–Trinajstić information content (AvgIpc) is 2.27.